The lowest BCUT2D eigenvalue weighted by atomic mass is 10.2. The van der Waals surface area contributed by atoms with E-state index >= 15 is 0 Å². The van der Waals surface area contributed by atoms with Gasteiger partial charge in [-0.3, -0.25) is 0 Å². The lowest BCUT2D eigenvalue weighted by molar-refractivity contribution is 0.584. The van der Waals surface area contributed by atoms with Gasteiger partial charge >= 0.3 is 0 Å². The Balaban J connectivity index is 2.52. The molecule has 0 N–H and O–H groups in total. The topological polar surface area (TPSA) is 64.7 Å². The molecule has 2 aliphatic rings. The van der Waals surface area contributed by atoms with E-state index in [1.807, 2.05) is 6.07 Å². The Hall–Kier alpha value is -2.04. The molecule has 0 radical (unpaired) electrons. The first-order chi connectivity index (χ1) is 6.43. The summed E-state index contributed by atoms with van der Waals surface area (Å²) in [5, 5.41) is 8.38. The van der Waals surface area contributed by atoms with Gasteiger partial charge in [-0.2, -0.15) is 5.10 Å². The molecule has 0 unspecified atom stereocenters. The third-order valence-corrected chi connectivity index (χ3v) is 1.80. The summed E-state index contributed by atoms with van der Waals surface area (Å²) in [5.74, 6) is 0.506. The van der Waals surface area contributed by atoms with Crippen molar-refractivity contribution in [2.45, 2.75) is 0 Å². The molecule has 0 saturated heterocycles. The van der Waals surface area contributed by atoms with Crippen molar-refractivity contribution in [3.8, 4) is 11.5 Å². The Morgan fingerprint density at radius 1 is 1.23 bits per heavy atom. The summed E-state index contributed by atoms with van der Waals surface area (Å²) in [6.07, 6.45) is 4.78. The van der Waals surface area contributed by atoms with Crippen LogP contribution < -0.4 is 0 Å². The van der Waals surface area contributed by atoms with Crippen LogP contribution in [0.4, 0.5) is 0 Å². The third-order valence-electron chi connectivity index (χ3n) is 1.80. The molecule has 13 heavy (non-hydrogen) atoms. The van der Waals surface area contributed by atoms with Gasteiger partial charge in [0.1, 0.15) is 6.33 Å². The van der Waals surface area contributed by atoms with E-state index < -0.39 is 0 Å². The van der Waals surface area contributed by atoms with Crippen LogP contribution in [0.5, 0.6) is 0 Å². The minimum absolute atomic E-state index is 0.506. The summed E-state index contributed by atoms with van der Waals surface area (Å²) in [6.45, 7) is 0. The zero-order valence-electron chi connectivity index (χ0n) is 6.51. The highest BCUT2D eigenvalue weighted by atomic mass is 16.4. The van der Waals surface area contributed by atoms with E-state index in [1.165, 1.54) is 6.33 Å². The lowest BCUT2D eigenvalue weighted by Crippen LogP contribution is -1.83. The summed E-state index contributed by atoms with van der Waals surface area (Å²) in [5.41, 5.74) is 1.39. The molecule has 3 heterocycles. The highest BCUT2D eigenvalue weighted by Crippen LogP contribution is 2.23. The van der Waals surface area contributed by atoms with Gasteiger partial charge in [-0.1, -0.05) is 0 Å². The Morgan fingerprint density at radius 2 is 2.23 bits per heavy atom. The van der Waals surface area contributed by atoms with Crippen molar-refractivity contribution >= 4 is 11.1 Å². The smallest absolute Gasteiger partial charge is 0.249 e. The van der Waals surface area contributed by atoms with E-state index in [0.29, 0.717) is 11.6 Å². The number of aromatic nitrogens is 4. The second kappa shape index (κ2) is 2.22. The standard InChI is InChI=1S/C8H4N4O/c1-5-2-9-4-10-7(5)13-8-6(1)3-11-12-8/h1-4H. The van der Waals surface area contributed by atoms with Crippen LogP contribution in [-0.2, 0) is 0 Å². The normalized spacial score (nSPS) is 11.1. The molecule has 0 spiro atoms. The van der Waals surface area contributed by atoms with Crippen molar-refractivity contribution in [1.29, 1.82) is 0 Å². The van der Waals surface area contributed by atoms with Gasteiger partial charge in [-0.15, -0.1) is 5.10 Å². The fourth-order valence-corrected chi connectivity index (χ4v) is 1.21. The monoisotopic (exact) mass is 172 g/mol. The zero-order valence-corrected chi connectivity index (χ0v) is 6.51. The molecule has 0 aliphatic carbocycles. The molecule has 0 bridgehead atoms. The van der Waals surface area contributed by atoms with Gasteiger partial charge in [0.05, 0.1) is 17.1 Å². The molecule has 0 aromatic carbocycles. The van der Waals surface area contributed by atoms with Gasteiger partial charge in [0.15, 0.2) is 0 Å². The molecule has 1 aromatic heterocycles. The number of hydrogen-bond donors (Lipinski definition) is 0. The van der Waals surface area contributed by atoms with Crippen LogP contribution in [0.1, 0.15) is 0 Å². The number of rotatable bonds is 0. The maximum absolute atomic E-state index is 5.36. The molecule has 1 aromatic rings. The van der Waals surface area contributed by atoms with Crippen LogP contribution in [0.2, 0.25) is 0 Å². The Labute approximate surface area is 72.8 Å². The van der Waals surface area contributed by atoms with Gasteiger partial charge in [0.25, 0.3) is 0 Å². The average Bonchev–Trinajstić information content (AvgIpc) is 2.61. The number of fused-ring (bicyclic) bond motifs is 2. The zero-order chi connectivity index (χ0) is 8.67. The van der Waals surface area contributed by atoms with Crippen LogP contribution in [0, 0.1) is 0 Å². The van der Waals surface area contributed by atoms with Crippen molar-refractivity contribution in [2.24, 2.45) is 0 Å². The van der Waals surface area contributed by atoms with Crippen molar-refractivity contribution in [3.05, 3.63) is 24.8 Å². The quantitative estimate of drug-likeness (QED) is 0.508. The van der Waals surface area contributed by atoms with E-state index in [0.717, 1.165) is 10.9 Å². The summed E-state index contributed by atoms with van der Waals surface area (Å²) >= 11 is 0. The van der Waals surface area contributed by atoms with Gasteiger partial charge < -0.3 is 4.42 Å². The van der Waals surface area contributed by atoms with Gasteiger partial charge in [-0.05, 0) is 6.07 Å². The fourth-order valence-electron chi connectivity index (χ4n) is 1.21. The van der Waals surface area contributed by atoms with Crippen LogP contribution in [0.3, 0.4) is 0 Å². The van der Waals surface area contributed by atoms with Gasteiger partial charge in [0, 0.05) is 6.20 Å². The Bertz CT molecular complexity index is 486. The van der Waals surface area contributed by atoms with Crippen molar-refractivity contribution in [2.75, 3.05) is 0 Å². The first-order valence-electron chi connectivity index (χ1n) is 3.74. The maximum Gasteiger partial charge on any atom is 0.249 e. The minimum Gasteiger partial charge on any atom is -0.418 e. The van der Waals surface area contributed by atoms with Gasteiger partial charge in [-0.25, -0.2) is 9.97 Å². The van der Waals surface area contributed by atoms with E-state index in [1.54, 1.807) is 12.4 Å². The lowest BCUT2D eigenvalue weighted by Gasteiger charge is -1.97. The van der Waals surface area contributed by atoms with Crippen LogP contribution >= 0.6 is 0 Å². The average molecular weight is 172 g/mol. The van der Waals surface area contributed by atoms with E-state index in [4.69, 9.17) is 4.42 Å². The molecular formula is C8H4N4O. The molecule has 3 rings (SSSR count). The SMILES string of the molecule is c1ncc2cc3cnnc-3oc2n1. The summed E-state index contributed by atoms with van der Waals surface area (Å²) in [7, 11) is 0. The Morgan fingerprint density at radius 3 is 3.23 bits per heavy atom. The van der Waals surface area contributed by atoms with E-state index in [-0.39, 0.29) is 0 Å². The second-order valence-electron chi connectivity index (χ2n) is 2.63. The molecule has 0 amide bonds. The van der Waals surface area contributed by atoms with E-state index in [2.05, 4.69) is 20.2 Å². The highest BCUT2D eigenvalue weighted by Gasteiger charge is 2.09. The summed E-state index contributed by atoms with van der Waals surface area (Å²) in [6, 6.07) is 1.90. The first-order valence-corrected chi connectivity index (χ1v) is 3.74. The van der Waals surface area contributed by atoms with Crippen molar-refractivity contribution < 1.29 is 4.42 Å². The molecule has 0 saturated carbocycles. The maximum atomic E-state index is 5.36. The van der Waals surface area contributed by atoms with Gasteiger partial charge in [0.2, 0.25) is 11.6 Å². The highest BCUT2D eigenvalue weighted by molar-refractivity contribution is 5.77. The number of nitrogens with zero attached hydrogens (tertiary/aromatic N) is 4. The van der Waals surface area contributed by atoms with Crippen LogP contribution in [-0.4, -0.2) is 20.2 Å². The fraction of sp³-hybridized carbons (Fsp3) is 0. The van der Waals surface area contributed by atoms with Crippen molar-refractivity contribution in [3.63, 3.8) is 0 Å². The molecule has 5 nitrogen and oxygen atoms in total. The summed E-state index contributed by atoms with van der Waals surface area (Å²) < 4.78 is 5.36. The molecular weight excluding hydrogens is 168 g/mol. The van der Waals surface area contributed by atoms with Crippen LogP contribution in [0.25, 0.3) is 22.6 Å². The minimum atomic E-state index is 0.506. The predicted molar refractivity (Wildman–Crippen MR) is 44.0 cm³/mol. The second-order valence-corrected chi connectivity index (χ2v) is 2.63. The molecule has 62 valence electrons. The third kappa shape index (κ3) is 0.868. The summed E-state index contributed by atoms with van der Waals surface area (Å²) in [4.78, 5) is 7.86. The Kier molecular flexibility index (Phi) is 1.11. The van der Waals surface area contributed by atoms with Crippen LogP contribution in [0.15, 0.2) is 29.2 Å². The number of hydrogen-bond acceptors (Lipinski definition) is 5. The molecule has 0 fully saturated rings. The van der Waals surface area contributed by atoms with Crippen molar-refractivity contribution in [1.82, 2.24) is 20.2 Å². The molecule has 0 atom stereocenters. The largest absolute Gasteiger partial charge is 0.418 e. The molecule has 2 aliphatic heterocycles. The first kappa shape index (κ1) is 6.47. The predicted octanol–water partition coefficient (Wildman–Crippen LogP) is 1.12. The molecule has 5 heteroatoms. The van der Waals surface area contributed by atoms with E-state index in [9.17, 15) is 0 Å².